The van der Waals surface area contributed by atoms with Gasteiger partial charge in [-0.05, 0) is 41.0 Å². The molecule has 6 rings (SSSR count). The second-order valence-corrected chi connectivity index (χ2v) is 9.59. The molecule has 0 spiro atoms. The standard InChI is InChI=1S/C30H24ClN5O/c1-35-18-32-17-27(35)29(25-16-33-30(34-25)19-7-4-3-5-8-19)21-11-12-26-24(14-21)23(15-28(37)36(26)2)20-9-6-10-22(31)13-20/h3-18,29H,1-2H3,(H,33,34). The van der Waals surface area contributed by atoms with E-state index in [1.807, 2.05) is 84.7 Å². The zero-order chi connectivity index (χ0) is 25.5. The number of imidazole rings is 2. The van der Waals surface area contributed by atoms with Crippen molar-refractivity contribution in [2.45, 2.75) is 5.92 Å². The Hall–Kier alpha value is -4.42. The summed E-state index contributed by atoms with van der Waals surface area (Å²) >= 11 is 6.31. The number of fused-ring (bicyclic) bond motifs is 1. The van der Waals surface area contributed by atoms with E-state index in [-0.39, 0.29) is 11.5 Å². The first-order chi connectivity index (χ1) is 18.0. The van der Waals surface area contributed by atoms with Gasteiger partial charge < -0.3 is 14.1 Å². The third-order valence-corrected chi connectivity index (χ3v) is 7.08. The number of benzene rings is 3. The van der Waals surface area contributed by atoms with Crippen LogP contribution < -0.4 is 5.56 Å². The number of H-pyrrole nitrogens is 1. The predicted octanol–water partition coefficient (Wildman–Crippen LogP) is 6.16. The molecule has 1 atom stereocenters. The molecule has 0 aliphatic rings. The topological polar surface area (TPSA) is 68.5 Å². The number of hydrogen-bond donors (Lipinski definition) is 1. The van der Waals surface area contributed by atoms with Gasteiger partial charge in [0.25, 0.3) is 5.56 Å². The Kier molecular flexibility index (Phi) is 5.74. The number of halogens is 1. The zero-order valence-electron chi connectivity index (χ0n) is 20.4. The van der Waals surface area contributed by atoms with Gasteiger partial charge >= 0.3 is 0 Å². The van der Waals surface area contributed by atoms with E-state index in [9.17, 15) is 4.79 Å². The lowest BCUT2D eigenvalue weighted by Gasteiger charge is -2.19. The number of aromatic nitrogens is 5. The highest BCUT2D eigenvalue weighted by Crippen LogP contribution is 2.36. The summed E-state index contributed by atoms with van der Waals surface area (Å²) in [6.07, 6.45) is 5.58. The van der Waals surface area contributed by atoms with Crippen molar-refractivity contribution >= 4 is 22.5 Å². The van der Waals surface area contributed by atoms with Crippen molar-refractivity contribution in [3.8, 4) is 22.5 Å². The predicted molar refractivity (Wildman–Crippen MR) is 148 cm³/mol. The van der Waals surface area contributed by atoms with Crippen molar-refractivity contribution in [2.24, 2.45) is 14.1 Å². The number of rotatable bonds is 5. The van der Waals surface area contributed by atoms with E-state index >= 15 is 0 Å². The van der Waals surface area contributed by atoms with Gasteiger partial charge in [-0.2, -0.15) is 0 Å². The van der Waals surface area contributed by atoms with Crippen molar-refractivity contribution in [1.29, 1.82) is 0 Å². The van der Waals surface area contributed by atoms with Gasteiger partial charge in [0.1, 0.15) is 5.82 Å². The molecule has 3 aromatic carbocycles. The van der Waals surface area contributed by atoms with Crippen LogP contribution in [0.3, 0.4) is 0 Å². The maximum atomic E-state index is 12.8. The second-order valence-electron chi connectivity index (χ2n) is 9.16. The van der Waals surface area contributed by atoms with Crippen molar-refractivity contribution in [1.82, 2.24) is 24.1 Å². The third-order valence-electron chi connectivity index (χ3n) is 6.84. The molecule has 1 N–H and O–H groups in total. The molecule has 3 heterocycles. The van der Waals surface area contributed by atoms with Crippen molar-refractivity contribution in [2.75, 3.05) is 0 Å². The van der Waals surface area contributed by atoms with Crippen molar-refractivity contribution in [3.05, 3.63) is 130 Å². The molecular weight excluding hydrogens is 482 g/mol. The largest absolute Gasteiger partial charge is 0.341 e. The average Bonchev–Trinajstić information content (AvgIpc) is 3.57. The fourth-order valence-electron chi connectivity index (χ4n) is 4.93. The van der Waals surface area contributed by atoms with Crippen LogP contribution in [-0.2, 0) is 14.1 Å². The number of nitrogens with one attached hydrogen (secondary N) is 1. The molecule has 0 aliphatic heterocycles. The Morgan fingerprint density at radius 2 is 1.70 bits per heavy atom. The minimum atomic E-state index is -0.147. The Morgan fingerprint density at radius 1 is 0.892 bits per heavy atom. The van der Waals surface area contributed by atoms with Crippen LogP contribution in [0, 0.1) is 0 Å². The van der Waals surface area contributed by atoms with E-state index in [1.54, 1.807) is 24.0 Å². The summed E-state index contributed by atoms with van der Waals surface area (Å²) in [5.41, 5.74) is 6.59. The van der Waals surface area contributed by atoms with E-state index in [2.05, 4.69) is 27.1 Å². The molecule has 0 amide bonds. The monoisotopic (exact) mass is 505 g/mol. The Morgan fingerprint density at radius 3 is 2.46 bits per heavy atom. The minimum absolute atomic E-state index is 0.0699. The van der Waals surface area contributed by atoms with Crippen LogP contribution >= 0.6 is 11.6 Å². The molecule has 0 saturated heterocycles. The van der Waals surface area contributed by atoms with Gasteiger partial charge in [-0.25, -0.2) is 9.97 Å². The van der Waals surface area contributed by atoms with E-state index in [4.69, 9.17) is 11.6 Å². The first kappa shape index (κ1) is 23.0. The van der Waals surface area contributed by atoms with Gasteiger partial charge in [0.15, 0.2) is 0 Å². The van der Waals surface area contributed by atoms with Crippen LogP contribution in [0.25, 0.3) is 33.4 Å². The number of nitrogens with zero attached hydrogens (tertiary/aromatic N) is 4. The van der Waals surface area contributed by atoms with E-state index in [0.717, 1.165) is 50.4 Å². The van der Waals surface area contributed by atoms with Gasteiger partial charge in [-0.3, -0.25) is 4.79 Å². The number of pyridine rings is 1. The highest BCUT2D eigenvalue weighted by Gasteiger charge is 2.23. The van der Waals surface area contributed by atoms with Crippen LogP contribution in [0.2, 0.25) is 5.02 Å². The van der Waals surface area contributed by atoms with Gasteiger partial charge in [0.05, 0.1) is 23.5 Å². The molecular formula is C30H24ClN5O. The lowest BCUT2D eigenvalue weighted by molar-refractivity contribution is 0.781. The van der Waals surface area contributed by atoms with Crippen LogP contribution in [0.4, 0.5) is 0 Å². The molecule has 3 aromatic heterocycles. The normalized spacial score (nSPS) is 12.2. The quantitative estimate of drug-likeness (QED) is 0.305. The van der Waals surface area contributed by atoms with Gasteiger partial charge in [-0.1, -0.05) is 60.1 Å². The molecule has 6 aromatic rings. The molecule has 0 bridgehead atoms. The maximum absolute atomic E-state index is 12.8. The first-order valence-electron chi connectivity index (χ1n) is 12.0. The summed E-state index contributed by atoms with van der Waals surface area (Å²) in [6, 6.07) is 25.6. The first-order valence-corrected chi connectivity index (χ1v) is 12.3. The molecule has 0 radical (unpaired) electrons. The molecule has 37 heavy (non-hydrogen) atoms. The third kappa shape index (κ3) is 4.15. The Bertz CT molecular complexity index is 1800. The highest BCUT2D eigenvalue weighted by atomic mass is 35.5. The summed E-state index contributed by atoms with van der Waals surface area (Å²) in [4.78, 5) is 25.4. The van der Waals surface area contributed by atoms with E-state index in [0.29, 0.717) is 5.02 Å². The van der Waals surface area contributed by atoms with Crippen LogP contribution in [0.5, 0.6) is 0 Å². The molecule has 0 aliphatic carbocycles. The summed E-state index contributed by atoms with van der Waals surface area (Å²) in [5, 5.41) is 1.60. The highest BCUT2D eigenvalue weighted by molar-refractivity contribution is 6.30. The maximum Gasteiger partial charge on any atom is 0.251 e. The number of aryl methyl sites for hydroxylation is 2. The van der Waals surface area contributed by atoms with Crippen LogP contribution in [-0.4, -0.2) is 24.1 Å². The van der Waals surface area contributed by atoms with Crippen molar-refractivity contribution < 1.29 is 0 Å². The molecule has 0 fully saturated rings. The Balaban J connectivity index is 1.57. The SMILES string of the molecule is Cn1cncc1C(c1ccc2c(c1)c(-c1cccc(Cl)c1)cc(=O)n2C)c1cnc(-c2ccccc2)[nH]1. The molecule has 1 unspecified atom stereocenters. The second kappa shape index (κ2) is 9.22. The molecule has 7 heteroatoms. The van der Waals surface area contributed by atoms with Crippen LogP contribution in [0.15, 0.2) is 102 Å². The van der Waals surface area contributed by atoms with Gasteiger partial charge in [0.2, 0.25) is 0 Å². The van der Waals surface area contributed by atoms with Crippen molar-refractivity contribution in [3.63, 3.8) is 0 Å². The molecule has 0 saturated carbocycles. The smallest absolute Gasteiger partial charge is 0.251 e. The minimum Gasteiger partial charge on any atom is -0.341 e. The zero-order valence-corrected chi connectivity index (χ0v) is 21.1. The summed E-state index contributed by atoms with van der Waals surface area (Å²) in [5.74, 6) is 0.664. The average molecular weight is 506 g/mol. The number of hydrogen-bond acceptors (Lipinski definition) is 3. The van der Waals surface area contributed by atoms with Gasteiger partial charge in [-0.15, -0.1) is 0 Å². The molecule has 6 nitrogen and oxygen atoms in total. The van der Waals surface area contributed by atoms with E-state index in [1.165, 1.54) is 0 Å². The fraction of sp³-hybridized carbons (Fsp3) is 0.100. The van der Waals surface area contributed by atoms with Gasteiger partial charge in [0, 0.05) is 54.2 Å². The lowest BCUT2D eigenvalue weighted by atomic mass is 9.90. The fourth-order valence-corrected chi connectivity index (χ4v) is 5.12. The summed E-state index contributed by atoms with van der Waals surface area (Å²) < 4.78 is 3.70. The lowest BCUT2D eigenvalue weighted by Crippen LogP contribution is -2.17. The molecule has 182 valence electrons. The van der Waals surface area contributed by atoms with E-state index < -0.39 is 0 Å². The summed E-state index contributed by atoms with van der Waals surface area (Å²) in [6.45, 7) is 0. The number of aromatic amines is 1. The summed E-state index contributed by atoms with van der Waals surface area (Å²) in [7, 11) is 3.79. The Labute approximate surface area is 218 Å². The van der Waals surface area contributed by atoms with Crippen LogP contribution in [0.1, 0.15) is 22.9 Å².